The zero-order chi connectivity index (χ0) is 17.2. The van der Waals surface area contributed by atoms with E-state index in [0.29, 0.717) is 23.6 Å². The Kier molecular flexibility index (Phi) is 4.53. The highest BCUT2D eigenvalue weighted by atomic mass is 16.1. The Bertz CT molecular complexity index is 742. The molecule has 0 bridgehead atoms. The second kappa shape index (κ2) is 6.96. The van der Waals surface area contributed by atoms with Crippen LogP contribution >= 0.6 is 0 Å². The Hall–Kier alpha value is -2.21. The van der Waals surface area contributed by atoms with Crippen LogP contribution in [0.15, 0.2) is 30.3 Å². The number of rotatable bonds is 3. The molecule has 0 aliphatic carbocycles. The fourth-order valence-electron chi connectivity index (χ4n) is 4.04. The fraction of sp³-hybridized carbons (Fsp3) is 0.526. The van der Waals surface area contributed by atoms with Crippen LogP contribution in [0.4, 0.5) is 5.95 Å². The molecule has 1 aromatic heterocycles. The number of anilines is 1. The molecular formula is C19H25N5O. The normalized spacial score (nSPS) is 23.9. The second-order valence-corrected chi connectivity index (χ2v) is 7.13. The highest BCUT2D eigenvalue weighted by molar-refractivity contribution is 6.03. The minimum atomic E-state index is -0.162. The Labute approximate surface area is 148 Å². The van der Waals surface area contributed by atoms with Gasteiger partial charge in [-0.05, 0) is 44.9 Å². The summed E-state index contributed by atoms with van der Waals surface area (Å²) in [5.74, 6) is 1.23. The van der Waals surface area contributed by atoms with E-state index < -0.39 is 0 Å². The minimum Gasteiger partial charge on any atom is -0.296 e. The first-order valence-electron chi connectivity index (χ1n) is 9.26. The van der Waals surface area contributed by atoms with Crippen LogP contribution in [0, 0.1) is 0 Å². The van der Waals surface area contributed by atoms with E-state index in [4.69, 9.17) is 0 Å². The van der Waals surface area contributed by atoms with Gasteiger partial charge in [-0.3, -0.25) is 15.0 Å². The lowest BCUT2D eigenvalue weighted by molar-refractivity contribution is 0.0788. The number of fused-ring (bicyclic) bond motifs is 1. The second-order valence-electron chi connectivity index (χ2n) is 7.13. The monoisotopic (exact) mass is 339 g/mol. The molecule has 4 rings (SSSR count). The lowest BCUT2D eigenvalue weighted by Gasteiger charge is -2.41. The van der Waals surface area contributed by atoms with Crippen LogP contribution in [0.1, 0.15) is 48.8 Å². The van der Waals surface area contributed by atoms with Crippen molar-refractivity contribution in [1.29, 1.82) is 0 Å². The fourth-order valence-corrected chi connectivity index (χ4v) is 4.04. The van der Waals surface area contributed by atoms with Crippen LogP contribution in [0.3, 0.4) is 0 Å². The van der Waals surface area contributed by atoms with E-state index in [9.17, 15) is 4.79 Å². The molecule has 2 aromatic rings. The number of benzene rings is 1. The number of likely N-dealkylation sites (tertiary alicyclic amines) is 1. The minimum absolute atomic E-state index is 0.162. The maximum atomic E-state index is 12.3. The molecule has 0 spiro atoms. The van der Waals surface area contributed by atoms with Gasteiger partial charge < -0.3 is 0 Å². The number of amides is 1. The summed E-state index contributed by atoms with van der Waals surface area (Å²) in [5, 5.41) is 7.36. The predicted molar refractivity (Wildman–Crippen MR) is 96.5 cm³/mol. The third kappa shape index (κ3) is 3.44. The van der Waals surface area contributed by atoms with Crippen molar-refractivity contribution in [3.63, 3.8) is 0 Å². The molecule has 2 unspecified atom stereocenters. The topological polar surface area (TPSA) is 63.1 Å². The van der Waals surface area contributed by atoms with E-state index in [-0.39, 0.29) is 5.91 Å². The third-order valence-corrected chi connectivity index (χ3v) is 5.42. The number of aryl methyl sites for hydroxylation is 1. The molecule has 1 aromatic carbocycles. The van der Waals surface area contributed by atoms with Gasteiger partial charge in [0.2, 0.25) is 5.95 Å². The molecular weight excluding hydrogens is 314 g/mol. The van der Waals surface area contributed by atoms with Gasteiger partial charge in [0.15, 0.2) is 0 Å². The van der Waals surface area contributed by atoms with Crippen molar-refractivity contribution in [2.24, 2.45) is 0 Å². The molecule has 2 aliphatic rings. The average Bonchev–Trinajstić information content (AvgIpc) is 3.04. The standard InChI is InChI=1S/C19H25N5O/c1-14-7-5-6-12-23(14)16-10-11-17-20-19(22-24(17)13-16)21-18(25)15-8-3-2-4-9-15/h2-4,8-9,14,16H,5-7,10-13H2,1H3,(H,21,22,25). The highest BCUT2D eigenvalue weighted by Gasteiger charge is 2.30. The first-order valence-corrected chi connectivity index (χ1v) is 9.26. The summed E-state index contributed by atoms with van der Waals surface area (Å²) in [6, 6.07) is 10.4. The average molecular weight is 339 g/mol. The zero-order valence-electron chi connectivity index (χ0n) is 14.7. The largest absolute Gasteiger partial charge is 0.296 e. The molecule has 0 saturated carbocycles. The molecule has 1 amide bonds. The lowest BCUT2D eigenvalue weighted by Crippen LogP contribution is -2.48. The van der Waals surface area contributed by atoms with Gasteiger partial charge in [0, 0.05) is 24.1 Å². The quantitative estimate of drug-likeness (QED) is 0.934. The summed E-state index contributed by atoms with van der Waals surface area (Å²) in [6.45, 7) is 4.39. The van der Waals surface area contributed by atoms with E-state index in [2.05, 4.69) is 27.2 Å². The smallest absolute Gasteiger partial charge is 0.258 e. The summed E-state index contributed by atoms with van der Waals surface area (Å²) >= 11 is 0. The van der Waals surface area contributed by atoms with Gasteiger partial charge in [-0.1, -0.05) is 24.6 Å². The SMILES string of the molecule is CC1CCCCN1C1CCc2nc(NC(=O)c3ccccc3)nn2C1. The summed E-state index contributed by atoms with van der Waals surface area (Å²) in [7, 11) is 0. The third-order valence-electron chi connectivity index (χ3n) is 5.42. The molecule has 6 nitrogen and oxygen atoms in total. The van der Waals surface area contributed by atoms with Gasteiger partial charge in [0.1, 0.15) is 5.82 Å². The van der Waals surface area contributed by atoms with Crippen LogP contribution < -0.4 is 5.32 Å². The van der Waals surface area contributed by atoms with Gasteiger partial charge in [0.05, 0.1) is 6.54 Å². The highest BCUT2D eigenvalue weighted by Crippen LogP contribution is 2.25. The van der Waals surface area contributed by atoms with Crippen LogP contribution in [0.5, 0.6) is 0 Å². The maximum Gasteiger partial charge on any atom is 0.258 e. The van der Waals surface area contributed by atoms with Gasteiger partial charge in [0.25, 0.3) is 5.91 Å². The molecule has 2 atom stereocenters. The molecule has 132 valence electrons. The van der Waals surface area contributed by atoms with Crippen LogP contribution in [-0.2, 0) is 13.0 Å². The van der Waals surface area contributed by atoms with E-state index in [1.54, 1.807) is 12.1 Å². The Morgan fingerprint density at radius 2 is 2.04 bits per heavy atom. The van der Waals surface area contributed by atoms with Crippen molar-refractivity contribution in [3.05, 3.63) is 41.7 Å². The molecule has 0 radical (unpaired) electrons. The Morgan fingerprint density at radius 1 is 1.20 bits per heavy atom. The molecule has 1 N–H and O–H groups in total. The van der Waals surface area contributed by atoms with Crippen molar-refractivity contribution in [2.45, 2.75) is 57.7 Å². The van der Waals surface area contributed by atoms with Crippen molar-refractivity contribution in [2.75, 3.05) is 11.9 Å². The zero-order valence-corrected chi connectivity index (χ0v) is 14.7. The van der Waals surface area contributed by atoms with E-state index in [1.807, 2.05) is 22.9 Å². The van der Waals surface area contributed by atoms with Gasteiger partial charge >= 0.3 is 0 Å². The predicted octanol–water partition coefficient (Wildman–Crippen LogP) is 2.72. The van der Waals surface area contributed by atoms with Crippen molar-refractivity contribution < 1.29 is 4.79 Å². The summed E-state index contributed by atoms with van der Waals surface area (Å²) < 4.78 is 1.98. The number of carbonyl (C=O) groups excluding carboxylic acids is 1. The Morgan fingerprint density at radius 3 is 2.84 bits per heavy atom. The van der Waals surface area contributed by atoms with Crippen LogP contribution in [0.2, 0.25) is 0 Å². The molecule has 1 saturated heterocycles. The number of piperidine rings is 1. The summed E-state index contributed by atoms with van der Waals surface area (Å²) in [6.07, 6.45) is 5.97. The van der Waals surface area contributed by atoms with E-state index in [0.717, 1.165) is 25.2 Å². The van der Waals surface area contributed by atoms with Crippen LogP contribution in [-0.4, -0.2) is 44.2 Å². The maximum absolute atomic E-state index is 12.3. The number of nitrogens with one attached hydrogen (secondary N) is 1. The van der Waals surface area contributed by atoms with Gasteiger partial charge in [-0.2, -0.15) is 4.98 Å². The number of hydrogen-bond donors (Lipinski definition) is 1. The lowest BCUT2D eigenvalue weighted by atomic mass is 9.97. The van der Waals surface area contributed by atoms with Gasteiger partial charge in [-0.25, -0.2) is 4.68 Å². The van der Waals surface area contributed by atoms with E-state index >= 15 is 0 Å². The first kappa shape index (κ1) is 16.3. The summed E-state index contributed by atoms with van der Waals surface area (Å²) in [4.78, 5) is 19.4. The van der Waals surface area contributed by atoms with E-state index in [1.165, 1.54) is 25.8 Å². The number of nitrogens with zero attached hydrogens (tertiary/aromatic N) is 4. The molecule has 1 fully saturated rings. The molecule has 3 heterocycles. The number of hydrogen-bond acceptors (Lipinski definition) is 4. The van der Waals surface area contributed by atoms with Crippen molar-refractivity contribution >= 4 is 11.9 Å². The van der Waals surface area contributed by atoms with Crippen molar-refractivity contribution in [1.82, 2.24) is 19.7 Å². The molecule has 2 aliphatic heterocycles. The Balaban J connectivity index is 1.44. The van der Waals surface area contributed by atoms with Crippen molar-refractivity contribution in [3.8, 4) is 0 Å². The number of carbonyl (C=O) groups is 1. The molecule has 6 heteroatoms. The first-order chi connectivity index (χ1) is 12.2. The molecule has 25 heavy (non-hydrogen) atoms. The summed E-state index contributed by atoms with van der Waals surface area (Å²) in [5.41, 5.74) is 0.621. The number of aromatic nitrogens is 3. The van der Waals surface area contributed by atoms with Crippen LogP contribution in [0.25, 0.3) is 0 Å². The van der Waals surface area contributed by atoms with Gasteiger partial charge in [-0.15, -0.1) is 5.10 Å².